The van der Waals surface area contributed by atoms with E-state index in [2.05, 4.69) is 6.07 Å². The standard InChI is InChI=1S/C16H20N2OS/c1-13(14-6-4-3-5-7-14)15(19)18-10-8-16(12-17,20-2)9-11-18/h3-7,13H,8-11H2,1-2H3. The van der Waals surface area contributed by atoms with Gasteiger partial charge in [-0.25, -0.2) is 0 Å². The number of carbonyl (C=O) groups excluding carboxylic acids is 1. The molecule has 2 rings (SSSR count). The molecule has 20 heavy (non-hydrogen) atoms. The monoisotopic (exact) mass is 288 g/mol. The molecule has 4 heteroatoms. The lowest BCUT2D eigenvalue weighted by atomic mass is 9.94. The summed E-state index contributed by atoms with van der Waals surface area (Å²) < 4.78 is -0.299. The Balaban J connectivity index is 2.01. The minimum atomic E-state index is -0.299. The zero-order valence-electron chi connectivity index (χ0n) is 12.0. The Bertz CT molecular complexity index is 501. The molecule has 1 fully saturated rings. The van der Waals surface area contributed by atoms with Crippen molar-refractivity contribution in [1.82, 2.24) is 4.90 Å². The van der Waals surface area contributed by atoms with E-state index >= 15 is 0 Å². The van der Waals surface area contributed by atoms with Crippen LogP contribution in [0.25, 0.3) is 0 Å². The molecule has 3 nitrogen and oxygen atoms in total. The van der Waals surface area contributed by atoms with Gasteiger partial charge in [-0.15, -0.1) is 11.8 Å². The van der Waals surface area contributed by atoms with E-state index < -0.39 is 0 Å². The van der Waals surface area contributed by atoms with Gasteiger partial charge < -0.3 is 4.90 Å². The third-order valence-electron chi connectivity index (χ3n) is 4.15. The van der Waals surface area contributed by atoms with E-state index in [0.717, 1.165) is 18.4 Å². The fourth-order valence-electron chi connectivity index (χ4n) is 2.61. The normalized spacial score (nSPS) is 19.1. The molecular formula is C16H20N2OS. The molecule has 1 aliphatic rings. The van der Waals surface area contributed by atoms with Crippen LogP contribution in [0.1, 0.15) is 31.2 Å². The average Bonchev–Trinajstić information content (AvgIpc) is 2.54. The molecule has 1 aromatic rings. The van der Waals surface area contributed by atoms with Crippen LogP contribution in [0, 0.1) is 11.3 Å². The number of hydrogen-bond donors (Lipinski definition) is 0. The van der Waals surface area contributed by atoms with Crippen LogP contribution in [-0.4, -0.2) is 34.9 Å². The van der Waals surface area contributed by atoms with Gasteiger partial charge in [-0.1, -0.05) is 30.3 Å². The van der Waals surface area contributed by atoms with Gasteiger partial charge in [0.25, 0.3) is 0 Å². The third kappa shape index (κ3) is 2.99. The first-order chi connectivity index (χ1) is 9.62. The average molecular weight is 288 g/mol. The molecule has 0 N–H and O–H groups in total. The van der Waals surface area contributed by atoms with Crippen LogP contribution in [-0.2, 0) is 4.79 Å². The van der Waals surface area contributed by atoms with Crippen LogP contribution in [0.5, 0.6) is 0 Å². The first-order valence-electron chi connectivity index (χ1n) is 6.92. The number of piperidine rings is 1. The van der Waals surface area contributed by atoms with Gasteiger partial charge in [-0.3, -0.25) is 4.79 Å². The fraction of sp³-hybridized carbons (Fsp3) is 0.500. The molecule has 1 heterocycles. The summed E-state index contributed by atoms with van der Waals surface area (Å²) in [6.45, 7) is 3.33. The maximum Gasteiger partial charge on any atom is 0.229 e. The van der Waals surface area contributed by atoms with E-state index in [1.54, 1.807) is 11.8 Å². The molecular weight excluding hydrogens is 268 g/mol. The van der Waals surface area contributed by atoms with E-state index in [1.807, 2.05) is 48.4 Å². The predicted molar refractivity (Wildman–Crippen MR) is 82.5 cm³/mol. The number of likely N-dealkylation sites (tertiary alicyclic amines) is 1. The van der Waals surface area contributed by atoms with Crippen molar-refractivity contribution in [2.75, 3.05) is 19.3 Å². The summed E-state index contributed by atoms with van der Waals surface area (Å²) in [5.41, 5.74) is 1.06. The summed E-state index contributed by atoms with van der Waals surface area (Å²) in [6, 6.07) is 12.3. The van der Waals surface area contributed by atoms with Crippen molar-refractivity contribution in [1.29, 1.82) is 5.26 Å². The molecule has 0 radical (unpaired) electrons. The van der Waals surface area contributed by atoms with E-state index in [-0.39, 0.29) is 16.6 Å². The summed E-state index contributed by atoms with van der Waals surface area (Å²) in [6.07, 6.45) is 3.50. The number of nitriles is 1. The zero-order valence-corrected chi connectivity index (χ0v) is 12.8. The van der Waals surface area contributed by atoms with Crippen LogP contribution < -0.4 is 0 Å². The van der Waals surface area contributed by atoms with E-state index in [4.69, 9.17) is 0 Å². The van der Waals surface area contributed by atoms with Gasteiger partial charge in [-0.05, 0) is 31.6 Å². The molecule has 1 aromatic carbocycles. The highest BCUT2D eigenvalue weighted by Crippen LogP contribution is 2.34. The highest BCUT2D eigenvalue weighted by Gasteiger charge is 2.36. The minimum absolute atomic E-state index is 0.111. The lowest BCUT2D eigenvalue weighted by molar-refractivity contribution is -0.133. The molecule has 1 atom stereocenters. The largest absolute Gasteiger partial charge is 0.342 e. The molecule has 106 valence electrons. The highest BCUT2D eigenvalue weighted by molar-refractivity contribution is 8.00. The summed E-state index contributed by atoms with van der Waals surface area (Å²) in [5, 5.41) is 9.28. The van der Waals surface area contributed by atoms with Crippen molar-refractivity contribution in [2.45, 2.75) is 30.4 Å². The summed E-state index contributed by atoms with van der Waals surface area (Å²) in [7, 11) is 0. The first-order valence-corrected chi connectivity index (χ1v) is 8.14. The van der Waals surface area contributed by atoms with Crippen molar-refractivity contribution < 1.29 is 4.79 Å². The van der Waals surface area contributed by atoms with Crippen LogP contribution in [0.2, 0.25) is 0 Å². The SMILES string of the molecule is CSC1(C#N)CCN(C(=O)C(C)c2ccccc2)CC1. The Morgan fingerprint density at radius 1 is 1.35 bits per heavy atom. The molecule has 0 spiro atoms. The number of benzene rings is 1. The Kier molecular flexibility index (Phi) is 4.72. The van der Waals surface area contributed by atoms with Crippen LogP contribution in [0.15, 0.2) is 30.3 Å². The second-order valence-corrected chi connectivity index (χ2v) is 6.46. The number of nitrogens with zero attached hydrogens (tertiary/aromatic N) is 2. The molecule has 1 aliphatic heterocycles. The maximum atomic E-state index is 12.5. The van der Waals surface area contributed by atoms with Gasteiger partial charge in [0.2, 0.25) is 5.91 Å². The second kappa shape index (κ2) is 6.32. The van der Waals surface area contributed by atoms with Crippen molar-refractivity contribution in [2.24, 2.45) is 0 Å². The van der Waals surface area contributed by atoms with Gasteiger partial charge in [-0.2, -0.15) is 5.26 Å². The van der Waals surface area contributed by atoms with E-state index in [9.17, 15) is 10.1 Å². The van der Waals surface area contributed by atoms with Crippen LogP contribution in [0.3, 0.4) is 0 Å². The fourth-order valence-corrected chi connectivity index (χ4v) is 3.29. The van der Waals surface area contributed by atoms with Crippen molar-refractivity contribution in [3.63, 3.8) is 0 Å². The van der Waals surface area contributed by atoms with Gasteiger partial charge in [0.05, 0.1) is 12.0 Å². The van der Waals surface area contributed by atoms with E-state index in [1.165, 1.54) is 0 Å². The topological polar surface area (TPSA) is 44.1 Å². The number of amides is 1. The van der Waals surface area contributed by atoms with Crippen molar-refractivity contribution in [3.8, 4) is 6.07 Å². The number of rotatable bonds is 3. The van der Waals surface area contributed by atoms with Gasteiger partial charge in [0.15, 0.2) is 0 Å². The first kappa shape index (κ1) is 14.9. The molecule has 0 aromatic heterocycles. The number of hydrogen-bond acceptors (Lipinski definition) is 3. The lowest BCUT2D eigenvalue weighted by Crippen LogP contribution is -2.45. The Hall–Kier alpha value is -1.47. The molecule has 1 unspecified atom stereocenters. The molecule has 1 saturated heterocycles. The summed E-state index contributed by atoms with van der Waals surface area (Å²) in [5.74, 6) is 0.0592. The molecule has 1 amide bonds. The lowest BCUT2D eigenvalue weighted by Gasteiger charge is -2.37. The quantitative estimate of drug-likeness (QED) is 0.858. The van der Waals surface area contributed by atoms with Crippen LogP contribution in [0.4, 0.5) is 0 Å². The van der Waals surface area contributed by atoms with Gasteiger partial charge in [0, 0.05) is 13.1 Å². The Morgan fingerprint density at radius 3 is 2.45 bits per heavy atom. The van der Waals surface area contributed by atoms with E-state index in [0.29, 0.717) is 13.1 Å². The Labute approximate surface area is 125 Å². The Morgan fingerprint density at radius 2 is 1.95 bits per heavy atom. The molecule has 0 saturated carbocycles. The molecule has 0 aliphatic carbocycles. The van der Waals surface area contributed by atoms with Gasteiger partial charge >= 0.3 is 0 Å². The smallest absolute Gasteiger partial charge is 0.229 e. The maximum absolute atomic E-state index is 12.5. The molecule has 0 bridgehead atoms. The van der Waals surface area contributed by atoms with Crippen molar-refractivity contribution in [3.05, 3.63) is 35.9 Å². The highest BCUT2D eigenvalue weighted by atomic mass is 32.2. The number of carbonyl (C=O) groups is 1. The third-order valence-corrected chi connectivity index (χ3v) is 5.43. The zero-order chi connectivity index (χ0) is 14.6. The second-order valence-electron chi connectivity index (χ2n) is 5.27. The summed E-state index contributed by atoms with van der Waals surface area (Å²) in [4.78, 5) is 14.4. The van der Waals surface area contributed by atoms with Crippen LogP contribution >= 0.6 is 11.8 Å². The predicted octanol–water partition coefficient (Wildman–Crippen LogP) is 3.04. The van der Waals surface area contributed by atoms with Crippen molar-refractivity contribution >= 4 is 17.7 Å². The van der Waals surface area contributed by atoms with Gasteiger partial charge in [0.1, 0.15) is 4.75 Å². The number of thioether (sulfide) groups is 1. The minimum Gasteiger partial charge on any atom is -0.342 e. The summed E-state index contributed by atoms with van der Waals surface area (Å²) >= 11 is 1.61.